The molecule has 1 saturated heterocycles. The maximum Gasteiger partial charge on any atom is 0.266 e. The van der Waals surface area contributed by atoms with Crippen LogP contribution in [0.15, 0.2) is 22.4 Å². The van der Waals surface area contributed by atoms with Crippen LogP contribution < -0.4 is 5.32 Å². The highest BCUT2D eigenvalue weighted by Gasteiger charge is 2.25. The van der Waals surface area contributed by atoms with E-state index >= 15 is 0 Å². The van der Waals surface area contributed by atoms with E-state index < -0.39 is 0 Å². The minimum Gasteiger partial charge on any atom is -0.360 e. The van der Waals surface area contributed by atoms with E-state index in [1.165, 1.54) is 6.20 Å². The normalized spacial score (nSPS) is 17.1. The SMILES string of the molecule is Cc1cc(N/C=C(/C#N)C(=O)N(C)C2CCN(C)CC2)no1. The van der Waals surface area contributed by atoms with E-state index in [1.54, 1.807) is 24.9 Å². The Kier molecular flexibility index (Phi) is 5.17. The summed E-state index contributed by atoms with van der Waals surface area (Å²) in [5, 5.41) is 15.8. The molecule has 1 aliphatic heterocycles. The van der Waals surface area contributed by atoms with Crippen molar-refractivity contribution in [1.29, 1.82) is 5.26 Å². The van der Waals surface area contributed by atoms with Crippen molar-refractivity contribution in [3.05, 3.63) is 23.6 Å². The molecule has 1 aromatic heterocycles. The van der Waals surface area contributed by atoms with E-state index in [-0.39, 0.29) is 17.5 Å². The maximum atomic E-state index is 12.4. The second-order valence-electron chi connectivity index (χ2n) is 5.59. The van der Waals surface area contributed by atoms with Crippen LogP contribution in [0, 0.1) is 18.3 Å². The molecule has 0 bridgehead atoms. The van der Waals surface area contributed by atoms with E-state index in [1.807, 2.05) is 6.07 Å². The predicted octanol–water partition coefficient (Wildman–Crippen LogP) is 1.35. The molecule has 1 aliphatic rings. The number of piperidine rings is 1. The molecule has 1 fully saturated rings. The number of aromatic nitrogens is 1. The topological polar surface area (TPSA) is 85.4 Å². The third-order valence-electron chi connectivity index (χ3n) is 3.90. The number of rotatable bonds is 4. The highest BCUT2D eigenvalue weighted by Crippen LogP contribution is 2.16. The minimum absolute atomic E-state index is 0.0575. The monoisotopic (exact) mass is 303 g/mol. The summed E-state index contributed by atoms with van der Waals surface area (Å²) in [7, 11) is 3.83. The average molecular weight is 303 g/mol. The Bertz CT molecular complexity index is 593. The molecular weight excluding hydrogens is 282 g/mol. The van der Waals surface area contributed by atoms with Gasteiger partial charge in [0.1, 0.15) is 17.4 Å². The first-order valence-electron chi connectivity index (χ1n) is 7.27. The van der Waals surface area contributed by atoms with Gasteiger partial charge in [0, 0.05) is 25.4 Å². The Morgan fingerprint density at radius 1 is 1.59 bits per heavy atom. The van der Waals surface area contributed by atoms with Gasteiger partial charge in [0.05, 0.1) is 0 Å². The third-order valence-corrected chi connectivity index (χ3v) is 3.90. The summed E-state index contributed by atoms with van der Waals surface area (Å²) in [5.41, 5.74) is 0.0575. The number of aryl methyl sites for hydroxylation is 1. The fourth-order valence-corrected chi connectivity index (χ4v) is 2.46. The molecule has 22 heavy (non-hydrogen) atoms. The first-order chi connectivity index (χ1) is 10.5. The molecule has 0 aliphatic carbocycles. The Morgan fingerprint density at radius 3 is 2.82 bits per heavy atom. The van der Waals surface area contributed by atoms with Gasteiger partial charge in [-0.25, -0.2) is 0 Å². The molecule has 1 N–H and O–H groups in total. The summed E-state index contributed by atoms with van der Waals surface area (Å²) in [6, 6.07) is 3.81. The number of carbonyl (C=O) groups is 1. The van der Waals surface area contributed by atoms with Crippen LogP contribution in [0.2, 0.25) is 0 Å². The Balaban J connectivity index is 2.00. The number of likely N-dealkylation sites (tertiary alicyclic amines) is 1. The zero-order chi connectivity index (χ0) is 16.1. The summed E-state index contributed by atoms with van der Waals surface area (Å²) >= 11 is 0. The summed E-state index contributed by atoms with van der Waals surface area (Å²) in [6.07, 6.45) is 3.23. The molecule has 118 valence electrons. The smallest absolute Gasteiger partial charge is 0.266 e. The van der Waals surface area contributed by atoms with Crippen molar-refractivity contribution in [2.45, 2.75) is 25.8 Å². The fourth-order valence-electron chi connectivity index (χ4n) is 2.46. The standard InChI is InChI=1S/C15H21N5O2/c1-11-8-14(18-22-11)17-10-12(9-16)15(21)20(3)13-4-6-19(2)7-5-13/h8,10,13H,4-7H2,1-3H3,(H,17,18)/b12-10-. The van der Waals surface area contributed by atoms with Crippen LogP contribution in [0.5, 0.6) is 0 Å². The van der Waals surface area contributed by atoms with Gasteiger partial charge in [0.15, 0.2) is 5.82 Å². The number of carbonyl (C=O) groups excluding carboxylic acids is 1. The summed E-state index contributed by atoms with van der Waals surface area (Å²) in [5.74, 6) is 0.856. The number of nitrogens with zero attached hydrogens (tertiary/aromatic N) is 4. The molecule has 7 heteroatoms. The number of hydrogen-bond donors (Lipinski definition) is 1. The summed E-state index contributed by atoms with van der Waals surface area (Å²) < 4.78 is 4.92. The van der Waals surface area contributed by atoms with E-state index in [0.29, 0.717) is 11.6 Å². The van der Waals surface area contributed by atoms with Crippen LogP contribution in [0.4, 0.5) is 5.82 Å². The van der Waals surface area contributed by atoms with Crippen molar-refractivity contribution < 1.29 is 9.32 Å². The first kappa shape index (κ1) is 16.0. The fraction of sp³-hybridized carbons (Fsp3) is 0.533. The second kappa shape index (κ2) is 7.09. The molecule has 0 aromatic carbocycles. The van der Waals surface area contributed by atoms with Crippen molar-refractivity contribution in [2.75, 3.05) is 32.5 Å². The van der Waals surface area contributed by atoms with E-state index in [0.717, 1.165) is 25.9 Å². The lowest BCUT2D eigenvalue weighted by molar-refractivity contribution is -0.128. The largest absolute Gasteiger partial charge is 0.360 e. The lowest BCUT2D eigenvalue weighted by atomic mass is 10.0. The number of anilines is 1. The molecule has 1 aromatic rings. The van der Waals surface area contributed by atoms with E-state index in [2.05, 4.69) is 22.4 Å². The molecular formula is C15H21N5O2. The predicted molar refractivity (Wildman–Crippen MR) is 81.8 cm³/mol. The van der Waals surface area contributed by atoms with Gasteiger partial charge in [0.2, 0.25) is 0 Å². The molecule has 2 rings (SSSR count). The van der Waals surface area contributed by atoms with Crippen LogP contribution >= 0.6 is 0 Å². The van der Waals surface area contributed by atoms with Gasteiger partial charge >= 0.3 is 0 Å². The van der Waals surface area contributed by atoms with Gasteiger partial charge in [-0.3, -0.25) is 4.79 Å². The van der Waals surface area contributed by atoms with Gasteiger partial charge in [-0.2, -0.15) is 5.26 Å². The Labute approximate surface area is 130 Å². The zero-order valence-corrected chi connectivity index (χ0v) is 13.2. The second-order valence-corrected chi connectivity index (χ2v) is 5.59. The molecule has 7 nitrogen and oxygen atoms in total. The van der Waals surface area contributed by atoms with Gasteiger partial charge in [-0.15, -0.1) is 0 Å². The molecule has 0 spiro atoms. The average Bonchev–Trinajstić information content (AvgIpc) is 2.93. The highest BCUT2D eigenvalue weighted by atomic mass is 16.5. The van der Waals surface area contributed by atoms with Crippen molar-refractivity contribution in [1.82, 2.24) is 15.0 Å². The van der Waals surface area contributed by atoms with Crippen LogP contribution in [0.1, 0.15) is 18.6 Å². The first-order valence-corrected chi connectivity index (χ1v) is 7.27. The van der Waals surface area contributed by atoms with Gasteiger partial charge < -0.3 is 19.6 Å². The van der Waals surface area contributed by atoms with Crippen molar-refractivity contribution in [3.63, 3.8) is 0 Å². The van der Waals surface area contributed by atoms with Gasteiger partial charge in [-0.05, 0) is 39.9 Å². The molecule has 0 atom stereocenters. The highest BCUT2D eigenvalue weighted by molar-refractivity contribution is 5.97. The van der Waals surface area contributed by atoms with Gasteiger partial charge in [-0.1, -0.05) is 5.16 Å². The lowest BCUT2D eigenvalue weighted by Crippen LogP contribution is -2.44. The van der Waals surface area contributed by atoms with Crippen molar-refractivity contribution in [3.8, 4) is 6.07 Å². The number of nitrogens with one attached hydrogen (secondary N) is 1. The van der Waals surface area contributed by atoms with E-state index in [4.69, 9.17) is 4.52 Å². The molecule has 1 amide bonds. The number of hydrogen-bond acceptors (Lipinski definition) is 6. The van der Waals surface area contributed by atoms with Crippen molar-refractivity contribution >= 4 is 11.7 Å². The molecule has 0 saturated carbocycles. The Morgan fingerprint density at radius 2 is 2.27 bits per heavy atom. The maximum absolute atomic E-state index is 12.4. The van der Waals surface area contributed by atoms with Crippen LogP contribution in [0.25, 0.3) is 0 Å². The van der Waals surface area contributed by atoms with E-state index in [9.17, 15) is 10.1 Å². The summed E-state index contributed by atoms with van der Waals surface area (Å²) in [4.78, 5) is 16.3. The molecule has 0 unspecified atom stereocenters. The Hall–Kier alpha value is -2.33. The van der Waals surface area contributed by atoms with Crippen LogP contribution in [-0.4, -0.2) is 54.1 Å². The molecule has 2 heterocycles. The molecule has 0 radical (unpaired) electrons. The number of likely N-dealkylation sites (N-methyl/N-ethyl adjacent to an activating group) is 1. The summed E-state index contributed by atoms with van der Waals surface area (Å²) in [6.45, 7) is 3.70. The van der Waals surface area contributed by atoms with Crippen molar-refractivity contribution in [2.24, 2.45) is 0 Å². The number of amides is 1. The third kappa shape index (κ3) is 3.86. The van der Waals surface area contributed by atoms with Crippen LogP contribution in [-0.2, 0) is 4.79 Å². The minimum atomic E-state index is -0.273. The lowest BCUT2D eigenvalue weighted by Gasteiger charge is -2.34. The number of nitriles is 1. The van der Waals surface area contributed by atoms with Crippen LogP contribution in [0.3, 0.4) is 0 Å². The van der Waals surface area contributed by atoms with Gasteiger partial charge in [0.25, 0.3) is 5.91 Å². The quantitative estimate of drug-likeness (QED) is 0.667. The zero-order valence-electron chi connectivity index (χ0n) is 13.2.